The molecule has 1 saturated heterocycles. The number of nitro groups is 1. The zero-order valence-electron chi connectivity index (χ0n) is 14.9. The van der Waals surface area contributed by atoms with Crippen LogP contribution in [-0.2, 0) is 9.53 Å². The first-order valence-corrected chi connectivity index (χ1v) is 8.50. The summed E-state index contributed by atoms with van der Waals surface area (Å²) in [6.07, 6.45) is -0.944. The van der Waals surface area contributed by atoms with Crippen molar-refractivity contribution in [3.63, 3.8) is 0 Å². The van der Waals surface area contributed by atoms with Gasteiger partial charge < -0.3 is 19.1 Å². The van der Waals surface area contributed by atoms with Crippen LogP contribution in [0.2, 0.25) is 0 Å². The van der Waals surface area contributed by atoms with Gasteiger partial charge >= 0.3 is 0 Å². The second-order valence-corrected chi connectivity index (χ2v) is 5.94. The highest BCUT2D eigenvalue weighted by Gasteiger charge is 2.30. The molecule has 0 bridgehead atoms. The van der Waals surface area contributed by atoms with Crippen molar-refractivity contribution in [1.82, 2.24) is 4.90 Å². The van der Waals surface area contributed by atoms with Crippen LogP contribution in [0.25, 0.3) is 0 Å². The fourth-order valence-corrected chi connectivity index (χ4v) is 2.84. The van der Waals surface area contributed by atoms with Crippen molar-refractivity contribution in [2.45, 2.75) is 6.10 Å². The lowest BCUT2D eigenvalue weighted by Crippen LogP contribution is -2.44. The lowest BCUT2D eigenvalue weighted by atomic mass is 10.1. The van der Waals surface area contributed by atoms with Crippen LogP contribution < -0.4 is 9.47 Å². The molecule has 1 aliphatic heterocycles. The molecule has 2 aromatic rings. The summed E-state index contributed by atoms with van der Waals surface area (Å²) >= 11 is 0. The van der Waals surface area contributed by atoms with Gasteiger partial charge in [0.2, 0.25) is 6.10 Å². The van der Waals surface area contributed by atoms with Gasteiger partial charge in [-0.3, -0.25) is 14.9 Å². The molecule has 0 saturated carbocycles. The van der Waals surface area contributed by atoms with E-state index in [1.807, 2.05) is 18.2 Å². The van der Waals surface area contributed by atoms with Gasteiger partial charge in [-0.1, -0.05) is 30.3 Å². The standard InChI is InChI=1S/C19H20N2O6/c1-25-16-8-7-15(21(23)24)13-17(16)27-18(14-5-3-2-4-6-14)19(22)20-9-11-26-12-10-20/h2-8,13,18H,9-12H2,1H3/t18-/m0/s1. The Hall–Kier alpha value is -3.13. The number of carbonyl (C=O) groups excluding carboxylic acids is 1. The summed E-state index contributed by atoms with van der Waals surface area (Å²) in [4.78, 5) is 25.4. The number of non-ortho nitro benzene ring substituents is 1. The number of hydrogen-bond donors (Lipinski definition) is 0. The first-order chi connectivity index (χ1) is 13.1. The van der Waals surface area contributed by atoms with E-state index in [0.29, 0.717) is 37.6 Å². The van der Waals surface area contributed by atoms with E-state index in [-0.39, 0.29) is 17.3 Å². The van der Waals surface area contributed by atoms with E-state index in [1.54, 1.807) is 17.0 Å². The van der Waals surface area contributed by atoms with Gasteiger partial charge in [0.15, 0.2) is 11.5 Å². The van der Waals surface area contributed by atoms with Gasteiger partial charge in [0.25, 0.3) is 11.6 Å². The highest BCUT2D eigenvalue weighted by atomic mass is 16.6. The van der Waals surface area contributed by atoms with Crippen LogP contribution in [0.15, 0.2) is 48.5 Å². The Balaban J connectivity index is 1.95. The molecule has 1 heterocycles. The molecule has 1 aliphatic rings. The summed E-state index contributed by atoms with van der Waals surface area (Å²) < 4.78 is 16.5. The summed E-state index contributed by atoms with van der Waals surface area (Å²) in [6.45, 7) is 1.87. The van der Waals surface area contributed by atoms with Crippen LogP contribution in [0, 0.1) is 10.1 Å². The average molecular weight is 372 g/mol. The van der Waals surface area contributed by atoms with E-state index in [1.165, 1.54) is 25.3 Å². The normalized spacial score (nSPS) is 15.1. The Morgan fingerprint density at radius 3 is 2.48 bits per heavy atom. The lowest BCUT2D eigenvalue weighted by Gasteiger charge is -2.30. The van der Waals surface area contributed by atoms with E-state index in [0.717, 1.165) is 0 Å². The van der Waals surface area contributed by atoms with Crippen molar-refractivity contribution < 1.29 is 23.9 Å². The first kappa shape index (κ1) is 18.7. The monoisotopic (exact) mass is 372 g/mol. The van der Waals surface area contributed by atoms with Crippen LogP contribution in [0.1, 0.15) is 11.7 Å². The van der Waals surface area contributed by atoms with Gasteiger partial charge in [-0.25, -0.2) is 0 Å². The molecule has 1 fully saturated rings. The third-order valence-corrected chi connectivity index (χ3v) is 4.25. The lowest BCUT2D eigenvalue weighted by molar-refractivity contribution is -0.385. The molecule has 3 rings (SSSR count). The zero-order chi connectivity index (χ0) is 19.2. The van der Waals surface area contributed by atoms with Crippen molar-refractivity contribution in [2.24, 2.45) is 0 Å². The van der Waals surface area contributed by atoms with Gasteiger partial charge in [0.1, 0.15) is 0 Å². The van der Waals surface area contributed by atoms with E-state index in [9.17, 15) is 14.9 Å². The van der Waals surface area contributed by atoms with Crippen LogP contribution in [0.4, 0.5) is 5.69 Å². The van der Waals surface area contributed by atoms with Crippen molar-refractivity contribution in [3.05, 3.63) is 64.2 Å². The third kappa shape index (κ3) is 4.35. The smallest absolute Gasteiger partial charge is 0.273 e. The molecular weight excluding hydrogens is 352 g/mol. The number of rotatable bonds is 6. The quantitative estimate of drug-likeness (QED) is 0.572. The molecule has 27 heavy (non-hydrogen) atoms. The highest BCUT2D eigenvalue weighted by molar-refractivity contribution is 5.83. The highest BCUT2D eigenvalue weighted by Crippen LogP contribution is 2.35. The first-order valence-electron chi connectivity index (χ1n) is 8.50. The summed E-state index contributed by atoms with van der Waals surface area (Å²) in [6, 6.07) is 13.1. The minimum atomic E-state index is -0.944. The van der Waals surface area contributed by atoms with Gasteiger partial charge in [0, 0.05) is 24.7 Å². The van der Waals surface area contributed by atoms with Crippen LogP contribution in [-0.4, -0.2) is 49.1 Å². The molecular formula is C19H20N2O6. The van der Waals surface area contributed by atoms with Gasteiger partial charge in [-0.05, 0) is 6.07 Å². The summed E-state index contributed by atoms with van der Waals surface area (Å²) in [7, 11) is 1.44. The Morgan fingerprint density at radius 1 is 1.15 bits per heavy atom. The van der Waals surface area contributed by atoms with Gasteiger partial charge in [-0.15, -0.1) is 0 Å². The molecule has 0 unspecified atom stereocenters. The number of nitro benzene ring substituents is 1. The number of amides is 1. The average Bonchev–Trinajstić information content (AvgIpc) is 2.72. The molecule has 1 atom stereocenters. The largest absolute Gasteiger partial charge is 0.493 e. The number of benzene rings is 2. The van der Waals surface area contributed by atoms with Crippen molar-refractivity contribution in [3.8, 4) is 11.5 Å². The Kier molecular flexibility index (Phi) is 5.87. The summed E-state index contributed by atoms with van der Waals surface area (Å²) in [5.41, 5.74) is 0.513. The van der Waals surface area contributed by atoms with Crippen molar-refractivity contribution in [1.29, 1.82) is 0 Å². The molecule has 1 amide bonds. The second kappa shape index (κ2) is 8.50. The second-order valence-electron chi connectivity index (χ2n) is 5.94. The predicted molar refractivity (Wildman–Crippen MR) is 96.9 cm³/mol. The van der Waals surface area contributed by atoms with Crippen LogP contribution in [0.5, 0.6) is 11.5 Å². The maximum absolute atomic E-state index is 13.1. The fraction of sp³-hybridized carbons (Fsp3) is 0.316. The van der Waals surface area contributed by atoms with Gasteiger partial charge in [0.05, 0.1) is 31.3 Å². The zero-order valence-corrected chi connectivity index (χ0v) is 14.9. The molecule has 142 valence electrons. The number of methoxy groups -OCH3 is 1. The van der Waals surface area contributed by atoms with E-state index >= 15 is 0 Å². The molecule has 0 radical (unpaired) electrons. The Bertz CT molecular complexity index is 805. The predicted octanol–water partition coefficient (Wildman–Crippen LogP) is 2.58. The number of hydrogen-bond acceptors (Lipinski definition) is 6. The minimum absolute atomic E-state index is 0.141. The Labute approximate surface area is 156 Å². The number of ether oxygens (including phenoxy) is 3. The van der Waals surface area contributed by atoms with Crippen LogP contribution in [0.3, 0.4) is 0 Å². The van der Waals surface area contributed by atoms with E-state index in [2.05, 4.69) is 0 Å². The topological polar surface area (TPSA) is 91.1 Å². The maximum Gasteiger partial charge on any atom is 0.273 e. The molecule has 0 aromatic heterocycles. The number of morpholine rings is 1. The van der Waals surface area contributed by atoms with Crippen molar-refractivity contribution >= 4 is 11.6 Å². The number of carbonyl (C=O) groups is 1. The maximum atomic E-state index is 13.1. The van der Waals surface area contributed by atoms with Crippen LogP contribution >= 0.6 is 0 Å². The molecule has 8 nitrogen and oxygen atoms in total. The molecule has 0 aliphatic carbocycles. The number of nitrogens with zero attached hydrogens (tertiary/aromatic N) is 2. The van der Waals surface area contributed by atoms with E-state index < -0.39 is 11.0 Å². The summed E-state index contributed by atoms with van der Waals surface area (Å²) in [5.74, 6) is 0.233. The summed E-state index contributed by atoms with van der Waals surface area (Å²) in [5, 5.41) is 11.1. The molecule has 2 aromatic carbocycles. The van der Waals surface area contributed by atoms with Crippen molar-refractivity contribution in [2.75, 3.05) is 33.4 Å². The minimum Gasteiger partial charge on any atom is -0.493 e. The fourth-order valence-electron chi connectivity index (χ4n) is 2.84. The SMILES string of the molecule is COc1ccc([N+](=O)[O-])cc1O[C@H](C(=O)N1CCOCC1)c1ccccc1. The molecule has 0 spiro atoms. The molecule has 8 heteroatoms. The third-order valence-electron chi connectivity index (χ3n) is 4.25. The van der Waals surface area contributed by atoms with Gasteiger partial charge in [-0.2, -0.15) is 0 Å². The van der Waals surface area contributed by atoms with E-state index in [4.69, 9.17) is 14.2 Å². The molecule has 0 N–H and O–H groups in total. The Morgan fingerprint density at radius 2 is 1.85 bits per heavy atom.